The molecule has 236 valence electrons. The van der Waals surface area contributed by atoms with E-state index in [0.717, 1.165) is 65.2 Å². The Balaban J connectivity index is 1.37. The van der Waals surface area contributed by atoms with Crippen LogP contribution in [0.2, 0.25) is 5.02 Å². The molecule has 1 amide bonds. The number of carbonyl (C=O) groups is 1. The Kier molecular flexibility index (Phi) is 8.22. The van der Waals surface area contributed by atoms with E-state index in [0.29, 0.717) is 35.4 Å². The van der Waals surface area contributed by atoms with Crippen molar-refractivity contribution < 1.29 is 13.9 Å². The molecule has 0 bridgehead atoms. The lowest BCUT2D eigenvalue weighted by atomic mass is 9.93. The van der Waals surface area contributed by atoms with Crippen LogP contribution in [0, 0.1) is 11.3 Å². The summed E-state index contributed by atoms with van der Waals surface area (Å²) in [5, 5.41) is 12.3. The second kappa shape index (κ2) is 12.5. The molecule has 4 heterocycles. The number of nitrogens with zero attached hydrogens (tertiary/aromatic N) is 7. The minimum absolute atomic E-state index is 0.0443. The molecular formula is C35H35ClFN7O2. The molecule has 2 aromatic carbocycles. The summed E-state index contributed by atoms with van der Waals surface area (Å²) in [6, 6.07) is 14.3. The van der Waals surface area contributed by atoms with Gasteiger partial charge in [-0.25, -0.2) is 4.39 Å². The Hall–Kier alpha value is -4.33. The van der Waals surface area contributed by atoms with Crippen molar-refractivity contribution >= 4 is 45.1 Å². The van der Waals surface area contributed by atoms with Crippen LogP contribution in [0.4, 0.5) is 10.2 Å². The average Bonchev–Trinajstić information content (AvgIpc) is 3.82. The molecule has 3 aliphatic rings. The highest BCUT2D eigenvalue weighted by atomic mass is 35.5. The minimum atomic E-state index is -1.03. The Labute approximate surface area is 272 Å². The van der Waals surface area contributed by atoms with Gasteiger partial charge in [-0.15, -0.1) is 0 Å². The summed E-state index contributed by atoms with van der Waals surface area (Å²) in [5.41, 5.74) is 4.45. The summed E-state index contributed by atoms with van der Waals surface area (Å²) in [7, 11) is 2.10. The van der Waals surface area contributed by atoms with Gasteiger partial charge in [0.1, 0.15) is 17.6 Å². The monoisotopic (exact) mass is 639 g/mol. The number of hydrogen-bond donors (Lipinski definition) is 0. The number of ether oxygens (including phenoxy) is 1. The third-order valence-electron chi connectivity index (χ3n) is 9.52. The van der Waals surface area contributed by atoms with Crippen LogP contribution >= 0.6 is 11.6 Å². The van der Waals surface area contributed by atoms with Gasteiger partial charge in [0, 0.05) is 47.8 Å². The molecule has 2 aliphatic heterocycles. The molecule has 9 nitrogen and oxygen atoms in total. The van der Waals surface area contributed by atoms with Crippen LogP contribution in [0.5, 0.6) is 6.01 Å². The molecule has 0 radical (unpaired) electrons. The first-order chi connectivity index (χ1) is 22.3. The Morgan fingerprint density at radius 1 is 1.09 bits per heavy atom. The van der Waals surface area contributed by atoms with Crippen molar-refractivity contribution in [2.24, 2.45) is 0 Å². The zero-order valence-corrected chi connectivity index (χ0v) is 26.5. The third-order valence-corrected chi connectivity index (χ3v) is 9.84. The topological polar surface area (TPSA) is 98.5 Å². The number of aromatic nitrogens is 3. The van der Waals surface area contributed by atoms with Crippen LogP contribution in [0.25, 0.3) is 32.9 Å². The van der Waals surface area contributed by atoms with Crippen molar-refractivity contribution in [2.75, 3.05) is 44.7 Å². The summed E-state index contributed by atoms with van der Waals surface area (Å²) in [4.78, 5) is 33.2. The number of likely N-dealkylation sites (N-methyl/N-ethyl adjacent to an activating group) is 1. The van der Waals surface area contributed by atoms with E-state index in [9.17, 15) is 14.4 Å². The Bertz CT molecular complexity index is 1890. The van der Waals surface area contributed by atoms with Crippen LogP contribution in [-0.2, 0) is 4.79 Å². The molecular weight excluding hydrogens is 605 g/mol. The molecule has 0 N–H and O–H groups in total. The van der Waals surface area contributed by atoms with E-state index in [4.69, 9.17) is 31.3 Å². The SMILES string of the molecule is C=C(F)C(=O)N1CCN(c2nc(OCC3CCCN3C)nc3c(C4CC4)c(-c4cccc5cccc(Cl)c45)cnc23)C[C@@H]1CC#N. The number of rotatable bonds is 8. The zero-order chi connectivity index (χ0) is 31.9. The summed E-state index contributed by atoms with van der Waals surface area (Å²) in [5.74, 6) is -0.942. The van der Waals surface area contributed by atoms with Gasteiger partial charge >= 0.3 is 6.01 Å². The summed E-state index contributed by atoms with van der Waals surface area (Å²) in [6.45, 7) is 5.55. The fourth-order valence-corrected chi connectivity index (χ4v) is 7.26. The number of fused-ring (bicyclic) bond motifs is 2. The number of hydrogen-bond acceptors (Lipinski definition) is 8. The Morgan fingerprint density at radius 3 is 2.61 bits per heavy atom. The number of likely N-dealkylation sites (tertiary alicyclic amines) is 1. The molecule has 46 heavy (non-hydrogen) atoms. The first-order valence-corrected chi connectivity index (χ1v) is 16.2. The fourth-order valence-electron chi connectivity index (χ4n) is 6.97. The van der Waals surface area contributed by atoms with E-state index in [2.05, 4.69) is 42.8 Å². The number of halogens is 2. The summed E-state index contributed by atoms with van der Waals surface area (Å²) < 4.78 is 20.2. The summed E-state index contributed by atoms with van der Waals surface area (Å²) in [6.07, 6.45) is 6.17. The number of piperazine rings is 1. The van der Waals surface area contributed by atoms with Crippen molar-refractivity contribution in [3.05, 3.63) is 65.6 Å². The van der Waals surface area contributed by atoms with Crippen molar-refractivity contribution in [3.8, 4) is 23.2 Å². The molecule has 2 atom stereocenters. The normalized spacial score (nSPS) is 20.3. The van der Waals surface area contributed by atoms with E-state index >= 15 is 0 Å². The molecule has 7 rings (SSSR count). The van der Waals surface area contributed by atoms with E-state index in [1.807, 2.05) is 29.3 Å². The Morgan fingerprint density at radius 2 is 1.89 bits per heavy atom. The van der Waals surface area contributed by atoms with Crippen molar-refractivity contribution in [1.29, 1.82) is 5.26 Å². The zero-order valence-electron chi connectivity index (χ0n) is 25.8. The summed E-state index contributed by atoms with van der Waals surface area (Å²) >= 11 is 6.78. The number of amides is 1. The maximum Gasteiger partial charge on any atom is 0.319 e. The minimum Gasteiger partial charge on any atom is -0.462 e. The lowest BCUT2D eigenvalue weighted by Crippen LogP contribution is -2.55. The van der Waals surface area contributed by atoms with E-state index in [1.165, 1.54) is 4.90 Å². The molecule has 3 fully saturated rings. The molecule has 0 spiro atoms. The van der Waals surface area contributed by atoms with Gasteiger partial charge in [-0.3, -0.25) is 9.78 Å². The highest BCUT2D eigenvalue weighted by Crippen LogP contribution is 2.49. The first kappa shape index (κ1) is 30.3. The maximum atomic E-state index is 13.9. The second-order valence-electron chi connectivity index (χ2n) is 12.5. The van der Waals surface area contributed by atoms with Crippen molar-refractivity contribution in [3.63, 3.8) is 0 Å². The molecule has 2 saturated heterocycles. The van der Waals surface area contributed by atoms with Gasteiger partial charge in [0.15, 0.2) is 11.6 Å². The van der Waals surface area contributed by atoms with Crippen LogP contribution in [0.3, 0.4) is 0 Å². The number of anilines is 1. The molecule has 4 aromatic rings. The maximum absolute atomic E-state index is 13.9. The molecule has 1 aliphatic carbocycles. The van der Waals surface area contributed by atoms with E-state index < -0.39 is 17.8 Å². The average molecular weight is 640 g/mol. The number of benzene rings is 2. The highest BCUT2D eigenvalue weighted by molar-refractivity contribution is 6.36. The van der Waals surface area contributed by atoms with Crippen molar-refractivity contribution in [2.45, 2.75) is 50.1 Å². The van der Waals surface area contributed by atoms with Gasteiger partial charge < -0.3 is 19.4 Å². The van der Waals surface area contributed by atoms with Crippen LogP contribution in [0.15, 0.2) is 55.0 Å². The van der Waals surface area contributed by atoms with Gasteiger partial charge in [-0.2, -0.15) is 15.2 Å². The largest absolute Gasteiger partial charge is 0.462 e. The molecule has 1 unspecified atom stereocenters. The quantitative estimate of drug-likeness (QED) is 0.208. The van der Waals surface area contributed by atoms with Gasteiger partial charge in [-0.05, 0) is 67.8 Å². The second-order valence-corrected chi connectivity index (χ2v) is 12.9. The van der Waals surface area contributed by atoms with Crippen LogP contribution in [-0.4, -0.2) is 82.6 Å². The van der Waals surface area contributed by atoms with Gasteiger partial charge in [0.25, 0.3) is 5.91 Å². The van der Waals surface area contributed by atoms with Gasteiger partial charge in [-0.1, -0.05) is 48.5 Å². The first-order valence-electron chi connectivity index (χ1n) is 15.8. The number of pyridine rings is 1. The lowest BCUT2D eigenvalue weighted by molar-refractivity contribution is -0.131. The van der Waals surface area contributed by atoms with Gasteiger partial charge in [0.05, 0.1) is 18.5 Å². The molecule has 2 aromatic heterocycles. The lowest BCUT2D eigenvalue weighted by Gasteiger charge is -2.41. The standard InChI is InChI=1S/C35H35ClFN7O2/c1-21(37)34(45)44-17-16-43(19-24(44)13-14-38)33-32-31(40-35(41-33)46-20-25-8-5-15-42(25)2)30(23-11-12-23)27(18-39-32)26-9-3-6-22-7-4-10-28(36)29(22)26/h3-4,6-7,9-10,18,23-25H,1,5,8,11-13,15-17,19-20H2,2H3/t24-,25?/m0/s1. The molecule has 1 saturated carbocycles. The smallest absolute Gasteiger partial charge is 0.319 e. The van der Waals surface area contributed by atoms with Gasteiger partial charge in [0.2, 0.25) is 0 Å². The van der Waals surface area contributed by atoms with Crippen molar-refractivity contribution in [1.82, 2.24) is 24.8 Å². The molecule has 11 heteroatoms. The van der Waals surface area contributed by atoms with E-state index in [1.54, 1.807) is 0 Å². The van der Waals surface area contributed by atoms with Crippen LogP contribution < -0.4 is 9.64 Å². The highest BCUT2D eigenvalue weighted by Gasteiger charge is 2.36. The predicted octanol–water partition coefficient (Wildman–Crippen LogP) is 6.26. The number of nitriles is 1. The number of carbonyl (C=O) groups excluding carboxylic acids is 1. The fraction of sp³-hybridized carbons (Fsp3) is 0.400. The van der Waals surface area contributed by atoms with E-state index in [-0.39, 0.29) is 31.6 Å². The van der Waals surface area contributed by atoms with Crippen LogP contribution in [0.1, 0.15) is 43.6 Å². The predicted molar refractivity (Wildman–Crippen MR) is 177 cm³/mol. The third kappa shape index (κ3) is 5.63.